The molecule has 2 aromatic carbocycles. The third-order valence-corrected chi connectivity index (χ3v) is 6.06. The maximum absolute atomic E-state index is 12.1. The van der Waals surface area contributed by atoms with E-state index >= 15 is 0 Å². The molecule has 0 bridgehead atoms. The van der Waals surface area contributed by atoms with Gasteiger partial charge < -0.3 is 9.47 Å². The highest BCUT2D eigenvalue weighted by molar-refractivity contribution is 6.17. The lowest BCUT2D eigenvalue weighted by molar-refractivity contribution is -0.132. The fraction of sp³-hybridized carbons (Fsp3) is 0.517. The molecule has 0 aromatic heterocycles. The van der Waals surface area contributed by atoms with Crippen LogP contribution in [0.1, 0.15) is 95.0 Å². The van der Waals surface area contributed by atoms with Gasteiger partial charge in [-0.1, -0.05) is 59.4 Å². The molecule has 0 amide bonds. The zero-order valence-corrected chi connectivity index (χ0v) is 22.4. The van der Waals surface area contributed by atoms with Gasteiger partial charge in [-0.3, -0.25) is 9.59 Å². The van der Waals surface area contributed by atoms with Gasteiger partial charge in [-0.2, -0.15) is 0 Å². The molecule has 0 fully saturated rings. The standard InChI is InChI=1S/C29H39ClO4/c1-7-11-21-15-22(12-8-2)29(34-20(6)32)26(16-21)25-17-23(13-9-3)28(33-19(5)31)24(14-10-4)27(25)18-30/h15-17H,7-14,18H2,1-6H3. The Hall–Kier alpha value is -2.33. The fourth-order valence-electron chi connectivity index (χ4n) is 4.56. The lowest BCUT2D eigenvalue weighted by Crippen LogP contribution is -2.11. The second-order valence-electron chi connectivity index (χ2n) is 8.82. The number of rotatable bonds is 12. The summed E-state index contributed by atoms with van der Waals surface area (Å²) in [6.07, 6.45) is 7.04. The second kappa shape index (κ2) is 13.5. The van der Waals surface area contributed by atoms with Crippen molar-refractivity contribution in [1.29, 1.82) is 0 Å². The molecule has 0 atom stereocenters. The van der Waals surface area contributed by atoms with Crippen molar-refractivity contribution in [3.05, 3.63) is 46.0 Å². The third kappa shape index (κ3) is 6.85. The summed E-state index contributed by atoms with van der Waals surface area (Å²) < 4.78 is 11.6. The van der Waals surface area contributed by atoms with Crippen molar-refractivity contribution in [3.63, 3.8) is 0 Å². The largest absolute Gasteiger partial charge is 0.426 e. The van der Waals surface area contributed by atoms with Gasteiger partial charge in [-0.05, 0) is 65.6 Å². The van der Waals surface area contributed by atoms with Crippen LogP contribution in [-0.2, 0) is 41.2 Å². The first-order valence-electron chi connectivity index (χ1n) is 12.6. The molecule has 0 saturated carbocycles. The molecule has 34 heavy (non-hydrogen) atoms. The fourth-order valence-corrected chi connectivity index (χ4v) is 4.87. The Kier molecular flexibility index (Phi) is 11.1. The van der Waals surface area contributed by atoms with Crippen molar-refractivity contribution in [3.8, 4) is 22.6 Å². The molecule has 0 aliphatic carbocycles. The molecular formula is C29H39ClO4. The Morgan fingerprint density at radius 3 is 1.71 bits per heavy atom. The number of esters is 2. The second-order valence-corrected chi connectivity index (χ2v) is 9.09. The highest BCUT2D eigenvalue weighted by Gasteiger charge is 2.24. The number of halogens is 1. The smallest absolute Gasteiger partial charge is 0.308 e. The van der Waals surface area contributed by atoms with Crippen LogP contribution in [0, 0.1) is 0 Å². The first kappa shape index (κ1) is 27.9. The van der Waals surface area contributed by atoms with Crippen molar-refractivity contribution in [2.45, 2.75) is 98.8 Å². The molecule has 0 radical (unpaired) electrons. The van der Waals surface area contributed by atoms with E-state index in [1.54, 1.807) is 0 Å². The molecule has 0 heterocycles. The normalized spacial score (nSPS) is 10.9. The first-order valence-corrected chi connectivity index (χ1v) is 13.1. The summed E-state index contributed by atoms with van der Waals surface area (Å²) in [5, 5.41) is 0. The lowest BCUT2D eigenvalue weighted by Gasteiger charge is -2.23. The number of hydrogen-bond acceptors (Lipinski definition) is 4. The minimum absolute atomic E-state index is 0.270. The molecule has 2 aromatic rings. The Morgan fingerprint density at radius 1 is 0.676 bits per heavy atom. The lowest BCUT2D eigenvalue weighted by atomic mass is 9.87. The summed E-state index contributed by atoms with van der Waals surface area (Å²) >= 11 is 6.57. The Morgan fingerprint density at radius 2 is 1.21 bits per heavy atom. The molecule has 0 saturated heterocycles. The van der Waals surface area contributed by atoms with Crippen molar-refractivity contribution in [2.75, 3.05) is 0 Å². The molecule has 0 N–H and O–H groups in total. The summed E-state index contributed by atoms with van der Waals surface area (Å²) in [5.74, 6) is 0.854. The van der Waals surface area contributed by atoms with Gasteiger partial charge in [0.15, 0.2) is 0 Å². The van der Waals surface area contributed by atoms with Crippen LogP contribution in [0.15, 0.2) is 18.2 Å². The van der Waals surface area contributed by atoms with Crippen LogP contribution in [0.25, 0.3) is 11.1 Å². The molecule has 0 spiro atoms. The van der Waals surface area contributed by atoms with Crippen molar-refractivity contribution in [2.24, 2.45) is 0 Å². The zero-order chi connectivity index (χ0) is 25.3. The Bertz CT molecular complexity index is 1010. The number of ether oxygens (including phenoxy) is 2. The van der Waals surface area contributed by atoms with E-state index in [1.165, 1.54) is 19.4 Å². The van der Waals surface area contributed by atoms with Crippen LogP contribution in [0.3, 0.4) is 0 Å². The maximum atomic E-state index is 12.1. The molecular weight excluding hydrogens is 448 g/mol. The predicted octanol–water partition coefficient (Wildman–Crippen LogP) is 7.75. The average Bonchev–Trinajstić information content (AvgIpc) is 2.77. The Balaban J connectivity index is 2.99. The van der Waals surface area contributed by atoms with Crippen LogP contribution in [0.5, 0.6) is 11.5 Å². The van der Waals surface area contributed by atoms with Crippen LogP contribution in [0.4, 0.5) is 0 Å². The quantitative estimate of drug-likeness (QED) is 0.175. The monoisotopic (exact) mass is 486 g/mol. The van der Waals surface area contributed by atoms with E-state index in [0.717, 1.165) is 84.7 Å². The number of benzene rings is 2. The third-order valence-electron chi connectivity index (χ3n) is 5.79. The number of aryl methyl sites for hydroxylation is 3. The maximum Gasteiger partial charge on any atom is 0.308 e. The topological polar surface area (TPSA) is 52.6 Å². The molecule has 0 aliphatic rings. The van der Waals surface area contributed by atoms with Gasteiger partial charge in [0.1, 0.15) is 11.5 Å². The van der Waals surface area contributed by atoms with Gasteiger partial charge in [-0.15, -0.1) is 11.6 Å². The van der Waals surface area contributed by atoms with Crippen LogP contribution in [0.2, 0.25) is 0 Å². The highest BCUT2D eigenvalue weighted by atomic mass is 35.5. The van der Waals surface area contributed by atoms with E-state index in [-0.39, 0.29) is 17.8 Å². The molecule has 186 valence electrons. The van der Waals surface area contributed by atoms with Crippen LogP contribution in [-0.4, -0.2) is 11.9 Å². The molecule has 4 nitrogen and oxygen atoms in total. The summed E-state index contributed by atoms with van der Waals surface area (Å²) in [4.78, 5) is 24.1. The van der Waals surface area contributed by atoms with E-state index < -0.39 is 0 Å². The molecule has 0 unspecified atom stereocenters. The average molecular weight is 487 g/mol. The van der Waals surface area contributed by atoms with Gasteiger partial charge in [-0.25, -0.2) is 0 Å². The molecule has 2 rings (SSSR count). The van der Waals surface area contributed by atoms with Gasteiger partial charge in [0.25, 0.3) is 0 Å². The van der Waals surface area contributed by atoms with Crippen molar-refractivity contribution >= 4 is 23.5 Å². The van der Waals surface area contributed by atoms with Gasteiger partial charge in [0, 0.05) is 30.9 Å². The number of hydrogen-bond donors (Lipinski definition) is 0. The number of carbonyl (C=O) groups is 2. The van der Waals surface area contributed by atoms with Gasteiger partial charge in [0.2, 0.25) is 0 Å². The van der Waals surface area contributed by atoms with Crippen LogP contribution < -0.4 is 9.47 Å². The minimum Gasteiger partial charge on any atom is -0.426 e. The highest BCUT2D eigenvalue weighted by Crippen LogP contribution is 2.43. The first-order chi connectivity index (χ1) is 16.3. The van der Waals surface area contributed by atoms with E-state index in [1.807, 2.05) is 0 Å². The molecule has 5 heteroatoms. The SMILES string of the molecule is CCCc1cc(CCC)c(OC(C)=O)c(-c2cc(CCC)c(OC(C)=O)c(CCC)c2CCl)c1. The zero-order valence-electron chi connectivity index (χ0n) is 21.6. The van der Waals surface area contributed by atoms with E-state index in [2.05, 4.69) is 45.9 Å². The van der Waals surface area contributed by atoms with Crippen molar-refractivity contribution in [1.82, 2.24) is 0 Å². The summed E-state index contributed by atoms with van der Waals surface area (Å²) in [5.41, 5.74) is 7.00. The summed E-state index contributed by atoms with van der Waals surface area (Å²) in [6.45, 7) is 11.4. The van der Waals surface area contributed by atoms with Gasteiger partial charge in [0.05, 0.1) is 0 Å². The summed E-state index contributed by atoms with van der Waals surface area (Å²) in [7, 11) is 0. The number of carbonyl (C=O) groups excluding carboxylic acids is 2. The van der Waals surface area contributed by atoms with Crippen molar-refractivity contribution < 1.29 is 19.1 Å². The minimum atomic E-state index is -0.339. The van der Waals surface area contributed by atoms with E-state index in [4.69, 9.17) is 21.1 Å². The van der Waals surface area contributed by atoms with Gasteiger partial charge >= 0.3 is 11.9 Å². The Labute approximate surface area is 210 Å². The molecule has 0 aliphatic heterocycles. The van der Waals surface area contributed by atoms with E-state index in [0.29, 0.717) is 11.5 Å². The van der Waals surface area contributed by atoms with E-state index in [9.17, 15) is 9.59 Å². The predicted molar refractivity (Wildman–Crippen MR) is 140 cm³/mol. The number of alkyl halides is 1. The summed E-state index contributed by atoms with van der Waals surface area (Å²) in [6, 6.07) is 6.40. The van der Waals surface area contributed by atoms with Crippen LogP contribution >= 0.6 is 11.6 Å².